The van der Waals surface area contributed by atoms with Gasteiger partial charge >= 0.3 is 0 Å². The highest BCUT2D eigenvalue weighted by molar-refractivity contribution is 7.89. The van der Waals surface area contributed by atoms with Gasteiger partial charge in [-0.2, -0.15) is 4.31 Å². The average Bonchev–Trinajstić information content (AvgIpc) is 2.96. The van der Waals surface area contributed by atoms with Crippen LogP contribution >= 0.6 is 0 Å². The van der Waals surface area contributed by atoms with Gasteiger partial charge in [-0.1, -0.05) is 25.0 Å². The smallest absolute Gasteiger partial charge is 0.244 e. The van der Waals surface area contributed by atoms with Gasteiger partial charge in [-0.3, -0.25) is 19.3 Å². The molecule has 2 fully saturated rings. The van der Waals surface area contributed by atoms with Crippen molar-refractivity contribution in [3.63, 3.8) is 0 Å². The SMILES string of the molecule is O=C(CN1C(=O)[C@H]2CC=CC[C@@H]2C1=O)Nc1ccc(S(=O)(=O)N2CCCCCC2)cc1. The molecule has 2 saturated heterocycles. The van der Waals surface area contributed by atoms with Crippen LogP contribution in [0.4, 0.5) is 5.69 Å². The zero-order valence-electron chi connectivity index (χ0n) is 17.3. The van der Waals surface area contributed by atoms with E-state index in [9.17, 15) is 22.8 Å². The third-order valence-corrected chi connectivity index (χ3v) is 8.15. The van der Waals surface area contributed by atoms with Gasteiger partial charge in [-0.15, -0.1) is 0 Å². The third kappa shape index (κ3) is 4.43. The maximum atomic E-state index is 12.9. The summed E-state index contributed by atoms with van der Waals surface area (Å²) >= 11 is 0. The minimum atomic E-state index is -3.56. The number of carbonyl (C=O) groups is 3. The van der Waals surface area contributed by atoms with E-state index in [0.717, 1.165) is 30.6 Å². The molecule has 4 rings (SSSR count). The van der Waals surface area contributed by atoms with Gasteiger partial charge in [0, 0.05) is 18.8 Å². The van der Waals surface area contributed by atoms with Gasteiger partial charge < -0.3 is 5.32 Å². The highest BCUT2D eigenvalue weighted by atomic mass is 32.2. The quantitative estimate of drug-likeness (QED) is 0.552. The van der Waals surface area contributed by atoms with Crippen molar-refractivity contribution in [2.24, 2.45) is 11.8 Å². The Bertz CT molecular complexity index is 968. The van der Waals surface area contributed by atoms with Gasteiger partial charge in [-0.25, -0.2) is 8.42 Å². The van der Waals surface area contributed by atoms with Crippen molar-refractivity contribution < 1.29 is 22.8 Å². The first-order chi connectivity index (χ1) is 14.9. The van der Waals surface area contributed by atoms with Crippen LogP contribution in [-0.4, -0.2) is 55.0 Å². The van der Waals surface area contributed by atoms with Crippen LogP contribution in [0.15, 0.2) is 41.3 Å². The molecule has 0 radical (unpaired) electrons. The van der Waals surface area contributed by atoms with Gasteiger partial charge in [0.25, 0.3) is 0 Å². The monoisotopic (exact) mass is 445 g/mol. The molecule has 1 aliphatic carbocycles. The number of nitrogens with one attached hydrogen (secondary N) is 1. The molecule has 3 aliphatic rings. The number of imide groups is 1. The summed E-state index contributed by atoms with van der Waals surface area (Å²) in [5, 5.41) is 2.65. The Balaban J connectivity index is 1.38. The summed E-state index contributed by atoms with van der Waals surface area (Å²) in [6.45, 7) is 0.713. The van der Waals surface area contributed by atoms with Crippen molar-refractivity contribution in [2.45, 2.75) is 43.4 Å². The Morgan fingerprint density at radius 1 is 0.903 bits per heavy atom. The van der Waals surface area contributed by atoms with Crippen LogP contribution in [0.2, 0.25) is 0 Å². The maximum Gasteiger partial charge on any atom is 0.244 e. The van der Waals surface area contributed by atoms with Crippen LogP contribution in [0.5, 0.6) is 0 Å². The minimum Gasteiger partial charge on any atom is -0.325 e. The van der Waals surface area contributed by atoms with E-state index in [1.807, 2.05) is 12.2 Å². The normalized spacial score (nSPS) is 24.7. The van der Waals surface area contributed by atoms with Gasteiger partial charge in [0.05, 0.1) is 16.7 Å². The number of hydrogen-bond acceptors (Lipinski definition) is 5. The van der Waals surface area contributed by atoms with Crippen molar-refractivity contribution in [1.82, 2.24) is 9.21 Å². The molecule has 2 atom stereocenters. The summed E-state index contributed by atoms with van der Waals surface area (Å²) in [6.07, 6.45) is 8.65. The lowest BCUT2D eigenvalue weighted by Crippen LogP contribution is -2.38. The van der Waals surface area contributed by atoms with E-state index in [1.165, 1.54) is 28.6 Å². The zero-order valence-corrected chi connectivity index (χ0v) is 18.1. The van der Waals surface area contributed by atoms with E-state index in [0.29, 0.717) is 31.6 Å². The van der Waals surface area contributed by atoms with E-state index < -0.39 is 15.9 Å². The lowest BCUT2D eigenvalue weighted by molar-refractivity contribution is -0.142. The van der Waals surface area contributed by atoms with Crippen LogP contribution in [-0.2, 0) is 24.4 Å². The largest absolute Gasteiger partial charge is 0.325 e. The van der Waals surface area contributed by atoms with E-state index in [-0.39, 0.29) is 35.1 Å². The van der Waals surface area contributed by atoms with Crippen LogP contribution in [0, 0.1) is 11.8 Å². The second kappa shape index (κ2) is 8.92. The van der Waals surface area contributed by atoms with Crippen LogP contribution in [0.1, 0.15) is 38.5 Å². The fraction of sp³-hybridized carbons (Fsp3) is 0.500. The number of anilines is 1. The number of carbonyl (C=O) groups excluding carboxylic acids is 3. The maximum absolute atomic E-state index is 12.9. The van der Waals surface area contributed by atoms with E-state index >= 15 is 0 Å². The van der Waals surface area contributed by atoms with Crippen LogP contribution in [0.25, 0.3) is 0 Å². The Morgan fingerprint density at radius 3 is 2.00 bits per heavy atom. The molecule has 1 N–H and O–H groups in total. The molecule has 2 aliphatic heterocycles. The summed E-state index contributed by atoms with van der Waals surface area (Å²) < 4.78 is 27.2. The molecule has 9 heteroatoms. The summed E-state index contributed by atoms with van der Waals surface area (Å²) in [5.41, 5.74) is 0.415. The van der Waals surface area contributed by atoms with Crippen molar-refractivity contribution in [3.05, 3.63) is 36.4 Å². The van der Waals surface area contributed by atoms with Gasteiger partial charge in [0.1, 0.15) is 6.54 Å². The minimum absolute atomic E-state index is 0.189. The zero-order chi connectivity index (χ0) is 22.0. The fourth-order valence-electron chi connectivity index (χ4n) is 4.51. The van der Waals surface area contributed by atoms with E-state index in [4.69, 9.17) is 0 Å². The Morgan fingerprint density at radius 2 is 1.45 bits per heavy atom. The van der Waals surface area contributed by atoms with Crippen molar-refractivity contribution >= 4 is 33.4 Å². The van der Waals surface area contributed by atoms with Crippen LogP contribution < -0.4 is 5.32 Å². The lowest BCUT2D eigenvalue weighted by atomic mass is 9.85. The Labute approximate surface area is 182 Å². The van der Waals surface area contributed by atoms with E-state index in [2.05, 4.69) is 5.32 Å². The topological polar surface area (TPSA) is 104 Å². The first kappa shape index (κ1) is 21.7. The van der Waals surface area contributed by atoms with Crippen molar-refractivity contribution in [2.75, 3.05) is 25.0 Å². The Hall–Kier alpha value is -2.52. The molecule has 0 spiro atoms. The molecule has 0 unspecified atom stereocenters. The molecule has 0 bridgehead atoms. The fourth-order valence-corrected chi connectivity index (χ4v) is 6.03. The van der Waals surface area contributed by atoms with E-state index in [1.54, 1.807) is 0 Å². The molecule has 31 heavy (non-hydrogen) atoms. The molecule has 8 nitrogen and oxygen atoms in total. The number of amides is 3. The molecule has 166 valence electrons. The molecule has 1 aromatic carbocycles. The highest BCUT2D eigenvalue weighted by Gasteiger charge is 2.47. The molecule has 1 aromatic rings. The number of benzene rings is 1. The lowest BCUT2D eigenvalue weighted by Gasteiger charge is -2.20. The summed E-state index contributed by atoms with van der Waals surface area (Å²) in [6, 6.07) is 6.00. The standard InChI is InChI=1S/C22H27N3O5S/c26-20(15-25-21(27)18-7-3-4-8-19(18)22(25)28)23-16-9-11-17(12-10-16)31(29,30)24-13-5-1-2-6-14-24/h3-4,9-12,18-19H,1-2,5-8,13-15H2,(H,23,26)/t18-,19-/m0/s1. The first-order valence-electron chi connectivity index (χ1n) is 10.8. The molecule has 0 saturated carbocycles. The predicted molar refractivity (Wildman–Crippen MR) is 114 cm³/mol. The molecule has 3 amide bonds. The second-order valence-electron chi connectivity index (χ2n) is 8.31. The number of sulfonamides is 1. The summed E-state index contributed by atoms with van der Waals surface area (Å²) in [7, 11) is -3.56. The molecular formula is C22H27N3O5S. The highest BCUT2D eigenvalue weighted by Crippen LogP contribution is 2.34. The van der Waals surface area contributed by atoms with Gasteiger partial charge in [-0.05, 0) is 49.9 Å². The second-order valence-corrected chi connectivity index (χ2v) is 10.2. The first-order valence-corrected chi connectivity index (χ1v) is 12.2. The third-order valence-electron chi connectivity index (χ3n) is 6.24. The summed E-state index contributed by atoms with van der Waals surface area (Å²) in [4.78, 5) is 38.6. The number of fused-ring (bicyclic) bond motifs is 1. The van der Waals surface area contributed by atoms with Crippen molar-refractivity contribution in [3.8, 4) is 0 Å². The number of likely N-dealkylation sites (tertiary alicyclic amines) is 1. The average molecular weight is 446 g/mol. The summed E-state index contributed by atoms with van der Waals surface area (Å²) in [5.74, 6) is -1.82. The number of rotatable bonds is 5. The molecule has 2 heterocycles. The number of hydrogen-bond donors (Lipinski definition) is 1. The Kier molecular flexibility index (Phi) is 6.24. The molecular weight excluding hydrogens is 418 g/mol. The molecule has 0 aromatic heterocycles. The number of nitrogens with zero attached hydrogens (tertiary/aromatic N) is 2. The number of allylic oxidation sites excluding steroid dienone is 2. The van der Waals surface area contributed by atoms with Crippen molar-refractivity contribution in [1.29, 1.82) is 0 Å². The van der Waals surface area contributed by atoms with Crippen LogP contribution in [0.3, 0.4) is 0 Å². The van der Waals surface area contributed by atoms with Gasteiger partial charge in [0.2, 0.25) is 27.7 Å². The predicted octanol–water partition coefficient (Wildman–Crippen LogP) is 2.14. The van der Waals surface area contributed by atoms with Gasteiger partial charge in [0.15, 0.2) is 0 Å².